The molecule has 24 heavy (non-hydrogen) atoms. The van der Waals surface area contributed by atoms with Crippen molar-refractivity contribution in [1.82, 2.24) is 3.96 Å². The van der Waals surface area contributed by atoms with Gasteiger partial charge >= 0.3 is 0 Å². The molecule has 0 bridgehead atoms. The Morgan fingerprint density at radius 3 is 2.67 bits per heavy atom. The van der Waals surface area contributed by atoms with Crippen LogP contribution in [0.2, 0.25) is 0 Å². The van der Waals surface area contributed by atoms with Gasteiger partial charge in [-0.3, -0.25) is 13.5 Å². The van der Waals surface area contributed by atoms with Gasteiger partial charge in [0, 0.05) is 6.07 Å². The molecule has 1 aromatic heterocycles. The number of anilines is 1. The quantitative estimate of drug-likeness (QED) is 0.777. The Hall–Kier alpha value is -2.54. The van der Waals surface area contributed by atoms with Crippen molar-refractivity contribution in [3.63, 3.8) is 0 Å². The van der Waals surface area contributed by atoms with E-state index in [0.29, 0.717) is 17.9 Å². The maximum absolute atomic E-state index is 13.7. The summed E-state index contributed by atoms with van der Waals surface area (Å²) >= 11 is 1.19. The molecule has 0 aliphatic carbocycles. The Kier molecular flexibility index (Phi) is 4.44. The molecule has 1 unspecified atom stereocenters. The number of fused-ring (bicyclic) bond motifs is 1. The van der Waals surface area contributed by atoms with Crippen LogP contribution in [0, 0.1) is 11.6 Å². The molecule has 3 rings (SSSR count). The maximum atomic E-state index is 13.7. The van der Waals surface area contributed by atoms with Gasteiger partial charge < -0.3 is 5.32 Å². The fourth-order valence-corrected chi connectivity index (χ4v) is 3.62. The van der Waals surface area contributed by atoms with E-state index >= 15 is 0 Å². The Morgan fingerprint density at radius 1 is 1.25 bits per heavy atom. The van der Waals surface area contributed by atoms with E-state index in [0.717, 1.165) is 16.8 Å². The third-order valence-electron chi connectivity index (χ3n) is 3.68. The molecule has 7 heteroatoms. The lowest BCUT2D eigenvalue weighted by Crippen LogP contribution is -2.30. The largest absolute Gasteiger partial charge is 0.322 e. The van der Waals surface area contributed by atoms with Crippen LogP contribution in [0.3, 0.4) is 0 Å². The number of halogens is 2. The summed E-state index contributed by atoms with van der Waals surface area (Å²) in [7, 11) is 0. The number of aromatic nitrogens is 1. The Bertz CT molecular complexity index is 965. The van der Waals surface area contributed by atoms with Gasteiger partial charge in [0.05, 0.1) is 15.8 Å². The van der Waals surface area contributed by atoms with E-state index in [4.69, 9.17) is 0 Å². The third kappa shape index (κ3) is 2.94. The second-order valence-electron chi connectivity index (χ2n) is 5.26. The highest BCUT2D eigenvalue weighted by Crippen LogP contribution is 2.23. The minimum atomic E-state index is -0.859. The molecule has 1 atom stereocenters. The minimum absolute atomic E-state index is 0.117. The van der Waals surface area contributed by atoms with Crippen LogP contribution in [0.15, 0.2) is 47.3 Å². The summed E-state index contributed by atoms with van der Waals surface area (Å²) in [5.41, 5.74) is -0.369. The number of rotatable bonds is 4. The Balaban J connectivity index is 1.94. The van der Waals surface area contributed by atoms with Crippen LogP contribution in [0.25, 0.3) is 10.1 Å². The number of amides is 1. The molecule has 2 aromatic carbocycles. The highest BCUT2D eigenvalue weighted by Gasteiger charge is 2.23. The van der Waals surface area contributed by atoms with Crippen LogP contribution >= 0.6 is 11.5 Å². The first kappa shape index (κ1) is 16.3. The zero-order valence-electron chi connectivity index (χ0n) is 12.8. The summed E-state index contributed by atoms with van der Waals surface area (Å²) in [5, 5.41) is 2.97. The topological polar surface area (TPSA) is 51.1 Å². The van der Waals surface area contributed by atoms with Crippen molar-refractivity contribution < 1.29 is 13.6 Å². The molecule has 0 spiro atoms. The summed E-state index contributed by atoms with van der Waals surface area (Å²) in [5.74, 6) is -2.10. The molecule has 1 amide bonds. The van der Waals surface area contributed by atoms with Crippen molar-refractivity contribution in [3.8, 4) is 0 Å². The lowest BCUT2D eigenvalue weighted by molar-refractivity contribution is -0.119. The highest BCUT2D eigenvalue weighted by atomic mass is 32.1. The van der Waals surface area contributed by atoms with Crippen molar-refractivity contribution in [2.75, 3.05) is 5.32 Å². The monoisotopic (exact) mass is 348 g/mol. The van der Waals surface area contributed by atoms with Crippen molar-refractivity contribution in [3.05, 3.63) is 64.5 Å². The lowest BCUT2D eigenvalue weighted by Gasteiger charge is -2.15. The summed E-state index contributed by atoms with van der Waals surface area (Å²) in [4.78, 5) is 25.0. The SMILES string of the molecule is CCC(C(=O)Nc1ccc(F)cc1F)n1sc2ccccc2c1=O. The number of hydrogen-bond donors (Lipinski definition) is 1. The number of hydrogen-bond acceptors (Lipinski definition) is 3. The average molecular weight is 348 g/mol. The zero-order valence-corrected chi connectivity index (χ0v) is 13.6. The van der Waals surface area contributed by atoms with Crippen molar-refractivity contribution >= 4 is 33.2 Å². The first-order valence-electron chi connectivity index (χ1n) is 7.37. The van der Waals surface area contributed by atoms with Crippen LogP contribution in [-0.2, 0) is 4.79 Å². The molecule has 0 fully saturated rings. The van der Waals surface area contributed by atoms with Crippen molar-refractivity contribution in [2.24, 2.45) is 0 Å². The van der Waals surface area contributed by atoms with Crippen LogP contribution < -0.4 is 10.9 Å². The second kappa shape index (κ2) is 6.52. The molecule has 0 aliphatic rings. The summed E-state index contributed by atoms with van der Waals surface area (Å²) in [6.45, 7) is 1.77. The summed E-state index contributed by atoms with van der Waals surface area (Å²) < 4.78 is 28.8. The van der Waals surface area contributed by atoms with E-state index in [2.05, 4.69) is 5.32 Å². The van der Waals surface area contributed by atoms with Crippen LogP contribution in [0.1, 0.15) is 19.4 Å². The second-order valence-corrected chi connectivity index (χ2v) is 6.27. The molecular formula is C17H14F2N2O2S. The minimum Gasteiger partial charge on any atom is -0.322 e. The van der Waals surface area contributed by atoms with E-state index in [1.165, 1.54) is 15.5 Å². The van der Waals surface area contributed by atoms with Gasteiger partial charge in [-0.25, -0.2) is 8.78 Å². The van der Waals surface area contributed by atoms with E-state index in [1.54, 1.807) is 19.1 Å². The van der Waals surface area contributed by atoms with E-state index in [-0.39, 0.29) is 11.2 Å². The van der Waals surface area contributed by atoms with Gasteiger partial charge in [-0.05, 0) is 30.7 Å². The number of carbonyl (C=O) groups excluding carboxylic acids is 1. The first-order valence-corrected chi connectivity index (χ1v) is 8.15. The number of nitrogens with zero attached hydrogens (tertiary/aromatic N) is 1. The smallest absolute Gasteiger partial charge is 0.269 e. The van der Waals surface area contributed by atoms with Crippen molar-refractivity contribution in [1.29, 1.82) is 0 Å². The molecule has 0 aliphatic heterocycles. The Morgan fingerprint density at radius 2 is 2.00 bits per heavy atom. The van der Waals surface area contributed by atoms with Gasteiger partial charge in [-0.15, -0.1) is 0 Å². The van der Waals surface area contributed by atoms with Crippen LogP contribution in [0.5, 0.6) is 0 Å². The Labute approximate surface area is 140 Å². The molecule has 0 radical (unpaired) electrons. The van der Waals surface area contributed by atoms with Gasteiger partial charge in [-0.1, -0.05) is 30.6 Å². The van der Waals surface area contributed by atoms with E-state index in [1.807, 2.05) is 12.1 Å². The van der Waals surface area contributed by atoms with E-state index in [9.17, 15) is 18.4 Å². The van der Waals surface area contributed by atoms with Crippen molar-refractivity contribution in [2.45, 2.75) is 19.4 Å². The number of benzene rings is 2. The molecule has 1 heterocycles. The predicted molar refractivity (Wildman–Crippen MR) is 90.4 cm³/mol. The first-order chi connectivity index (χ1) is 11.5. The fourth-order valence-electron chi connectivity index (χ4n) is 2.46. The third-order valence-corrected chi connectivity index (χ3v) is 4.85. The summed E-state index contributed by atoms with van der Waals surface area (Å²) in [6.07, 6.45) is 0.362. The number of carbonyl (C=O) groups is 1. The molecular weight excluding hydrogens is 334 g/mol. The lowest BCUT2D eigenvalue weighted by atomic mass is 10.2. The van der Waals surface area contributed by atoms with Gasteiger partial charge in [0.2, 0.25) is 5.91 Å². The normalized spacial score (nSPS) is 12.3. The number of nitrogens with one attached hydrogen (secondary N) is 1. The molecule has 0 saturated heterocycles. The molecule has 4 nitrogen and oxygen atoms in total. The fraction of sp³-hybridized carbons (Fsp3) is 0.176. The molecule has 124 valence electrons. The predicted octanol–water partition coefficient (Wildman–Crippen LogP) is 3.93. The van der Waals surface area contributed by atoms with Crippen LogP contribution in [-0.4, -0.2) is 9.86 Å². The standard InChI is InChI=1S/C17H14F2N2O2S/c1-2-14(16(22)20-13-8-7-10(18)9-12(13)19)21-17(23)11-5-3-4-6-15(11)24-21/h3-9,14H,2H2,1H3,(H,20,22). The summed E-state index contributed by atoms with van der Waals surface area (Å²) in [6, 6.07) is 9.24. The average Bonchev–Trinajstić information content (AvgIpc) is 2.88. The van der Waals surface area contributed by atoms with Gasteiger partial charge in [0.25, 0.3) is 5.56 Å². The van der Waals surface area contributed by atoms with Crippen LogP contribution in [0.4, 0.5) is 14.5 Å². The highest BCUT2D eigenvalue weighted by molar-refractivity contribution is 7.14. The molecule has 0 saturated carbocycles. The van der Waals surface area contributed by atoms with Gasteiger partial charge in [0.15, 0.2) is 0 Å². The molecule has 3 aromatic rings. The molecule has 1 N–H and O–H groups in total. The maximum Gasteiger partial charge on any atom is 0.269 e. The van der Waals surface area contributed by atoms with Gasteiger partial charge in [0.1, 0.15) is 17.7 Å². The zero-order chi connectivity index (χ0) is 17.3. The van der Waals surface area contributed by atoms with Gasteiger partial charge in [-0.2, -0.15) is 0 Å². The van der Waals surface area contributed by atoms with E-state index < -0.39 is 23.6 Å².